The van der Waals surface area contributed by atoms with Crippen LogP contribution < -0.4 is 11.0 Å². The highest BCUT2D eigenvalue weighted by Gasteiger charge is 2.37. The zero-order valence-corrected chi connectivity index (χ0v) is 14.2. The molecule has 0 saturated heterocycles. The monoisotopic (exact) mass is 356 g/mol. The molecule has 0 bridgehead atoms. The van der Waals surface area contributed by atoms with E-state index in [1.807, 2.05) is 21.3 Å². The van der Waals surface area contributed by atoms with E-state index in [4.69, 9.17) is 11.6 Å². The first-order valence-electron chi connectivity index (χ1n) is 8.52. The van der Waals surface area contributed by atoms with Gasteiger partial charge in [-0.25, -0.2) is 19.7 Å². The van der Waals surface area contributed by atoms with Crippen LogP contribution in [0.5, 0.6) is 0 Å². The lowest BCUT2D eigenvalue weighted by Gasteiger charge is -2.36. The molecule has 2 aliphatic carbocycles. The molecular formula is C17H17ClN6O. The zero-order chi connectivity index (χ0) is 17.0. The van der Waals surface area contributed by atoms with E-state index >= 15 is 0 Å². The molecule has 0 atom stereocenters. The number of hydrogen-bond acceptors (Lipinski definition) is 5. The van der Waals surface area contributed by atoms with E-state index in [2.05, 4.69) is 20.3 Å². The van der Waals surface area contributed by atoms with E-state index in [-0.39, 0.29) is 11.7 Å². The van der Waals surface area contributed by atoms with Crippen molar-refractivity contribution in [3.8, 4) is 0 Å². The first kappa shape index (κ1) is 14.9. The van der Waals surface area contributed by atoms with Crippen LogP contribution in [0.15, 0.2) is 35.5 Å². The van der Waals surface area contributed by atoms with Gasteiger partial charge < -0.3 is 5.32 Å². The Kier molecular flexibility index (Phi) is 3.31. The quantitative estimate of drug-likeness (QED) is 0.777. The summed E-state index contributed by atoms with van der Waals surface area (Å²) in [7, 11) is 0. The minimum Gasteiger partial charge on any atom is -0.367 e. The molecule has 0 amide bonds. The van der Waals surface area contributed by atoms with Gasteiger partial charge in [0.15, 0.2) is 11.3 Å². The summed E-state index contributed by atoms with van der Waals surface area (Å²) in [6, 6.07) is 4.42. The van der Waals surface area contributed by atoms with Crippen molar-refractivity contribution in [3.63, 3.8) is 0 Å². The number of nitrogens with one attached hydrogen (secondary N) is 1. The molecule has 5 rings (SSSR count). The van der Waals surface area contributed by atoms with Crippen molar-refractivity contribution >= 4 is 28.7 Å². The Hall–Kier alpha value is -2.41. The van der Waals surface area contributed by atoms with Crippen molar-refractivity contribution in [2.24, 2.45) is 0 Å². The fourth-order valence-corrected chi connectivity index (χ4v) is 3.65. The Morgan fingerprint density at radius 1 is 1.00 bits per heavy atom. The van der Waals surface area contributed by atoms with Crippen molar-refractivity contribution in [1.29, 1.82) is 0 Å². The summed E-state index contributed by atoms with van der Waals surface area (Å²) in [6.45, 7) is 0. The number of imidazole rings is 1. The summed E-state index contributed by atoms with van der Waals surface area (Å²) < 4.78 is 3.65. The summed E-state index contributed by atoms with van der Waals surface area (Å²) >= 11 is 5.86. The average Bonchev–Trinajstić information content (AvgIpc) is 3.37. The van der Waals surface area contributed by atoms with Crippen LogP contribution in [-0.4, -0.2) is 30.1 Å². The molecule has 3 heterocycles. The number of hydrogen-bond donors (Lipinski definition) is 1. The van der Waals surface area contributed by atoms with Gasteiger partial charge in [-0.3, -0.25) is 9.13 Å². The molecule has 2 saturated carbocycles. The maximum Gasteiger partial charge on any atom is 0.332 e. The first-order chi connectivity index (χ1) is 12.2. The second-order valence-electron chi connectivity index (χ2n) is 6.79. The summed E-state index contributed by atoms with van der Waals surface area (Å²) in [5.74, 6) is 0.806. The van der Waals surface area contributed by atoms with E-state index in [0.717, 1.165) is 31.5 Å². The van der Waals surface area contributed by atoms with Crippen molar-refractivity contribution in [1.82, 2.24) is 24.1 Å². The molecule has 128 valence electrons. The predicted octanol–water partition coefficient (Wildman–Crippen LogP) is 2.79. The number of nitrogens with zero attached hydrogens (tertiary/aromatic N) is 5. The van der Waals surface area contributed by atoms with Gasteiger partial charge in [-0.2, -0.15) is 0 Å². The Morgan fingerprint density at radius 3 is 2.28 bits per heavy atom. The minimum atomic E-state index is 0.0248. The van der Waals surface area contributed by atoms with Gasteiger partial charge in [-0.05, 0) is 37.8 Å². The first-order valence-corrected chi connectivity index (χ1v) is 8.90. The zero-order valence-electron chi connectivity index (χ0n) is 13.5. The van der Waals surface area contributed by atoms with Crippen molar-refractivity contribution in [2.45, 2.75) is 43.8 Å². The Balaban J connectivity index is 1.39. The Labute approximate surface area is 148 Å². The number of fused-ring (bicyclic) bond motifs is 1. The van der Waals surface area contributed by atoms with Gasteiger partial charge in [0.1, 0.15) is 5.82 Å². The highest BCUT2D eigenvalue weighted by molar-refractivity contribution is 6.30. The second-order valence-corrected chi connectivity index (χ2v) is 7.22. The summed E-state index contributed by atoms with van der Waals surface area (Å²) in [5.41, 5.74) is 1.44. The number of rotatable bonds is 4. The highest BCUT2D eigenvalue weighted by Crippen LogP contribution is 2.38. The Morgan fingerprint density at radius 2 is 1.68 bits per heavy atom. The van der Waals surface area contributed by atoms with Crippen LogP contribution in [0.25, 0.3) is 11.3 Å². The third-order valence-corrected chi connectivity index (χ3v) is 5.22. The van der Waals surface area contributed by atoms with Crippen LogP contribution in [0.1, 0.15) is 37.8 Å². The van der Waals surface area contributed by atoms with E-state index in [9.17, 15) is 4.79 Å². The third-order valence-electron chi connectivity index (χ3n) is 5.00. The summed E-state index contributed by atoms with van der Waals surface area (Å²) in [5, 5.41) is 4.01. The predicted molar refractivity (Wildman–Crippen MR) is 95.0 cm³/mol. The van der Waals surface area contributed by atoms with Crippen LogP contribution >= 0.6 is 11.6 Å². The van der Waals surface area contributed by atoms with Crippen molar-refractivity contribution in [2.75, 3.05) is 5.32 Å². The van der Waals surface area contributed by atoms with E-state index in [1.54, 1.807) is 18.6 Å². The van der Waals surface area contributed by atoms with Gasteiger partial charge in [-0.1, -0.05) is 11.6 Å². The van der Waals surface area contributed by atoms with Gasteiger partial charge in [0.25, 0.3) is 0 Å². The molecule has 3 aromatic heterocycles. The molecule has 8 heteroatoms. The molecule has 0 unspecified atom stereocenters. The van der Waals surface area contributed by atoms with Gasteiger partial charge >= 0.3 is 5.69 Å². The number of aromatic nitrogens is 5. The van der Waals surface area contributed by atoms with E-state index in [1.165, 1.54) is 0 Å². The molecule has 2 aliphatic rings. The van der Waals surface area contributed by atoms with Crippen molar-refractivity contribution in [3.05, 3.63) is 46.2 Å². The molecule has 0 aliphatic heterocycles. The lowest BCUT2D eigenvalue weighted by atomic mass is 9.86. The van der Waals surface area contributed by atoms with Gasteiger partial charge in [0.05, 0.1) is 5.02 Å². The molecule has 2 fully saturated rings. The number of anilines is 1. The van der Waals surface area contributed by atoms with Crippen LogP contribution in [0.4, 0.5) is 5.82 Å². The van der Waals surface area contributed by atoms with E-state index in [0.29, 0.717) is 28.4 Å². The molecule has 1 N–H and O–H groups in total. The van der Waals surface area contributed by atoms with Crippen LogP contribution in [0.3, 0.4) is 0 Å². The molecule has 0 spiro atoms. The lowest BCUT2D eigenvalue weighted by molar-refractivity contribution is 0.279. The molecule has 0 aromatic carbocycles. The van der Waals surface area contributed by atoms with Gasteiger partial charge in [0.2, 0.25) is 0 Å². The van der Waals surface area contributed by atoms with E-state index < -0.39 is 0 Å². The lowest BCUT2D eigenvalue weighted by Crippen LogP contribution is -2.41. The maximum absolute atomic E-state index is 12.9. The van der Waals surface area contributed by atoms with Gasteiger partial charge in [-0.15, -0.1) is 0 Å². The molecule has 0 radical (unpaired) electrons. The Bertz CT molecular complexity index is 985. The average molecular weight is 357 g/mol. The van der Waals surface area contributed by atoms with Gasteiger partial charge in [0, 0.05) is 36.7 Å². The summed E-state index contributed by atoms with van der Waals surface area (Å²) in [6.07, 6.45) is 8.77. The SMILES string of the molecule is O=c1n(C2CC2)c2nccnc2n1[C@H]1C[C@H](Nc2ccc(Cl)cn2)C1. The normalized spacial score (nSPS) is 22.8. The largest absolute Gasteiger partial charge is 0.367 e. The number of halogens is 1. The third kappa shape index (κ3) is 2.50. The molecule has 7 nitrogen and oxygen atoms in total. The topological polar surface area (TPSA) is 77.6 Å². The van der Waals surface area contributed by atoms with Crippen molar-refractivity contribution < 1.29 is 0 Å². The second kappa shape index (κ2) is 5.56. The van der Waals surface area contributed by atoms with Crippen LogP contribution in [0, 0.1) is 0 Å². The fraction of sp³-hybridized carbons (Fsp3) is 0.412. The highest BCUT2D eigenvalue weighted by atomic mass is 35.5. The fourth-order valence-electron chi connectivity index (χ4n) is 3.54. The minimum absolute atomic E-state index is 0.0248. The summed E-state index contributed by atoms with van der Waals surface area (Å²) in [4.78, 5) is 26.0. The van der Waals surface area contributed by atoms with Crippen LogP contribution in [0.2, 0.25) is 5.02 Å². The smallest absolute Gasteiger partial charge is 0.332 e. The molecule has 25 heavy (non-hydrogen) atoms. The standard InChI is InChI=1S/C17H17ClN6O/c18-10-1-4-14(21-9-10)22-11-7-13(8-11)24-16-15(19-5-6-20-16)23(17(24)25)12-2-3-12/h1,4-6,9,11-13H,2-3,7-8H2,(H,21,22)/t11-,13-. The molecular weight excluding hydrogens is 340 g/mol. The van der Waals surface area contributed by atoms with Crippen LogP contribution in [-0.2, 0) is 0 Å². The maximum atomic E-state index is 12.9. The number of pyridine rings is 1. The molecule has 3 aromatic rings.